The molecule has 23 heavy (non-hydrogen) atoms. The van der Waals surface area contributed by atoms with Crippen LogP contribution in [0.25, 0.3) is 0 Å². The van der Waals surface area contributed by atoms with Crippen LogP contribution in [-0.2, 0) is 11.3 Å². The van der Waals surface area contributed by atoms with Gasteiger partial charge < -0.3 is 9.64 Å². The lowest BCUT2D eigenvalue weighted by Crippen LogP contribution is -2.46. The van der Waals surface area contributed by atoms with Gasteiger partial charge in [-0.1, -0.05) is 19.8 Å². The van der Waals surface area contributed by atoms with E-state index < -0.39 is 0 Å². The van der Waals surface area contributed by atoms with Gasteiger partial charge in [0.2, 0.25) is 0 Å². The minimum atomic E-state index is 0.275. The van der Waals surface area contributed by atoms with Crippen LogP contribution in [0.3, 0.4) is 0 Å². The van der Waals surface area contributed by atoms with Gasteiger partial charge in [0.05, 0.1) is 18.7 Å². The van der Waals surface area contributed by atoms with Gasteiger partial charge >= 0.3 is 0 Å². The third-order valence-corrected chi connectivity index (χ3v) is 5.07. The van der Waals surface area contributed by atoms with Crippen LogP contribution in [0.2, 0.25) is 0 Å². The topological polar surface area (TPSA) is 59.3 Å². The average molecular weight is 322 g/mol. The number of likely N-dealkylation sites (N-methyl/N-ethyl adjacent to an activating group) is 1. The highest BCUT2D eigenvalue weighted by atomic mass is 16.5. The van der Waals surface area contributed by atoms with Gasteiger partial charge in [0.1, 0.15) is 0 Å². The second-order valence-corrected chi connectivity index (χ2v) is 6.85. The van der Waals surface area contributed by atoms with Crippen molar-refractivity contribution in [3.63, 3.8) is 0 Å². The van der Waals surface area contributed by atoms with Crippen molar-refractivity contribution in [2.24, 2.45) is 0 Å². The molecule has 2 aliphatic heterocycles. The molecule has 3 heterocycles. The van der Waals surface area contributed by atoms with Crippen LogP contribution in [-0.4, -0.2) is 75.9 Å². The van der Waals surface area contributed by atoms with Crippen LogP contribution in [0.5, 0.6) is 0 Å². The summed E-state index contributed by atoms with van der Waals surface area (Å²) in [7, 11) is 2.19. The third-order valence-electron chi connectivity index (χ3n) is 5.07. The number of piperazine rings is 1. The van der Waals surface area contributed by atoms with Crippen molar-refractivity contribution < 1.29 is 4.74 Å². The predicted octanol–water partition coefficient (Wildman–Crippen LogP) is 1.33. The molecule has 0 aliphatic carbocycles. The normalized spacial score (nSPS) is 25.0. The zero-order chi connectivity index (χ0) is 16.1. The van der Waals surface area contributed by atoms with Crippen molar-refractivity contribution >= 4 is 0 Å². The molecule has 0 spiro atoms. The molecule has 0 aromatic carbocycles. The first-order valence-electron chi connectivity index (χ1n) is 9.08. The molecule has 7 heteroatoms. The van der Waals surface area contributed by atoms with Gasteiger partial charge in [0.25, 0.3) is 0 Å². The summed E-state index contributed by atoms with van der Waals surface area (Å²) >= 11 is 0. The Bertz CT molecular complexity index is 465. The zero-order valence-corrected chi connectivity index (χ0v) is 14.5. The summed E-state index contributed by atoms with van der Waals surface area (Å²) in [5, 5.41) is 12.6. The first-order chi connectivity index (χ1) is 11.3. The van der Waals surface area contributed by atoms with E-state index in [2.05, 4.69) is 39.3 Å². The smallest absolute Gasteiger partial charge is 0.168 e. The fraction of sp³-hybridized carbons (Fsp3) is 0.938. The molecule has 2 fully saturated rings. The minimum Gasteiger partial charge on any atom is -0.376 e. The standard InChI is InChI=1S/C16H30N6O/c1-3-4-7-15(21-10-8-20(2)9-11-21)16-17-18-19-22(16)13-14-6-5-12-23-14/h14-15H,3-13H2,1-2H3/t14-,15+/m1/s1. The number of hydrogen-bond donors (Lipinski definition) is 0. The van der Waals surface area contributed by atoms with Gasteiger partial charge in [-0.05, 0) is 36.7 Å². The highest BCUT2D eigenvalue weighted by Gasteiger charge is 2.29. The Labute approximate surface area is 139 Å². The number of aromatic nitrogens is 4. The van der Waals surface area contributed by atoms with Gasteiger partial charge in [-0.2, -0.15) is 0 Å². The molecule has 1 aromatic heterocycles. The summed E-state index contributed by atoms with van der Waals surface area (Å²) in [6.45, 7) is 8.34. The van der Waals surface area contributed by atoms with E-state index in [9.17, 15) is 0 Å². The fourth-order valence-electron chi connectivity index (χ4n) is 3.57. The number of tetrazole rings is 1. The number of unbranched alkanes of at least 4 members (excludes halogenated alkanes) is 1. The quantitative estimate of drug-likeness (QED) is 0.755. The lowest BCUT2D eigenvalue weighted by Gasteiger charge is -2.37. The van der Waals surface area contributed by atoms with E-state index in [-0.39, 0.29) is 6.10 Å². The highest BCUT2D eigenvalue weighted by Crippen LogP contribution is 2.26. The van der Waals surface area contributed by atoms with Crippen molar-refractivity contribution in [2.75, 3.05) is 39.8 Å². The largest absolute Gasteiger partial charge is 0.376 e. The molecule has 2 aliphatic rings. The molecule has 0 amide bonds. The van der Waals surface area contributed by atoms with E-state index in [1.165, 1.54) is 12.8 Å². The van der Waals surface area contributed by atoms with Crippen LogP contribution >= 0.6 is 0 Å². The molecular formula is C16H30N6O. The summed E-state index contributed by atoms with van der Waals surface area (Å²) in [4.78, 5) is 4.95. The second-order valence-electron chi connectivity index (χ2n) is 6.85. The van der Waals surface area contributed by atoms with Crippen LogP contribution in [0.15, 0.2) is 0 Å². The van der Waals surface area contributed by atoms with E-state index in [0.29, 0.717) is 6.04 Å². The molecule has 130 valence electrons. The van der Waals surface area contributed by atoms with E-state index in [1.807, 2.05) is 4.68 Å². The van der Waals surface area contributed by atoms with Gasteiger partial charge in [-0.25, -0.2) is 4.68 Å². The molecule has 0 bridgehead atoms. The van der Waals surface area contributed by atoms with Crippen molar-refractivity contribution in [1.29, 1.82) is 0 Å². The van der Waals surface area contributed by atoms with Gasteiger partial charge in [-0.15, -0.1) is 5.10 Å². The Morgan fingerprint density at radius 2 is 2.09 bits per heavy atom. The van der Waals surface area contributed by atoms with Crippen molar-refractivity contribution in [1.82, 2.24) is 30.0 Å². The molecule has 0 N–H and O–H groups in total. The SMILES string of the molecule is CCCC[C@@H](c1nnnn1C[C@H]1CCCO1)N1CCN(C)CC1. The lowest BCUT2D eigenvalue weighted by atomic mass is 10.1. The van der Waals surface area contributed by atoms with E-state index in [4.69, 9.17) is 4.74 Å². The molecule has 0 unspecified atom stereocenters. The summed E-state index contributed by atoms with van der Waals surface area (Å²) < 4.78 is 7.76. The number of ether oxygens (including phenoxy) is 1. The van der Waals surface area contributed by atoms with Crippen LogP contribution in [0.4, 0.5) is 0 Å². The molecule has 2 saturated heterocycles. The molecule has 2 atom stereocenters. The molecule has 3 rings (SSSR count). The summed E-state index contributed by atoms with van der Waals surface area (Å²) in [5.41, 5.74) is 0. The lowest BCUT2D eigenvalue weighted by molar-refractivity contribution is 0.0814. The molecular weight excluding hydrogens is 292 g/mol. The second kappa shape index (κ2) is 8.17. The first-order valence-corrected chi connectivity index (χ1v) is 9.08. The minimum absolute atomic E-state index is 0.275. The van der Waals surface area contributed by atoms with Crippen LogP contribution in [0, 0.1) is 0 Å². The monoisotopic (exact) mass is 322 g/mol. The van der Waals surface area contributed by atoms with E-state index in [0.717, 1.165) is 64.4 Å². The van der Waals surface area contributed by atoms with Crippen molar-refractivity contribution in [3.05, 3.63) is 5.82 Å². The van der Waals surface area contributed by atoms with E-state index >= 15 is 0 Å². The van der Waals surface area contributed by atoms with Crippen molar-refractivity contribution in [2.45, 2.75) is 57.7 Å². The number of rotatable bonds is 7. The van der Waals surface area contributed by atoms with Crippen LogP contribution < -0.4 is 0 Å². The van der Waals surface area contributed by atoms with Gasteiger partial charge in [0.15, 0.2) is 5.82 Å². The van der Waals surface area contributed by atoms with Crippen molar-refractivity contribution in [3.8, 4) is 0 Å². The molecule has 7 nitrogen and oxygen atoms in total. The predicted molar refractivity (Wildman–Crippen MR) is 88.1 cm³/mol. The van der Waals surface area contributed by atoms with Gasteiger partial charge in [0, 0.05) is 32.8 Å². The van der Waals surface area contributed by atoms with Crippen LogP contribution in [0.1, 0.15) is 50.9 Å². The molecule has 1 aromatic rings. The summed E-state index contributed by atoms with van der Waals surface area (Å²) in [5.74, 6) is 1.03. The summed E-state index contributed by atoms with van der Waals surface area (Å²) in [6.07, 6.45) is 6.09. The zero-order valence-electron chi connectivity index (χ0n) is 14.5. The van der Waals surface area contributed by atoms with E-state index in [1.54, 1.807) is 0 Å². The highest BCUT2D eigenvalue weighted by molar-refractivity contribution is 4.95. The Balaban J connectivity index is 1.72. The Morgan fingerprint density at radius 1 is 1.26 bits per heavy atom. The van der Waals surface area contributed by atoms with Gasteiger partial charge in [-0.3, -0.25) is 4.90 Å². The fourth-order valence-corrected chi connectivity index (χ4v) is 3.57. The maximum atomic E-state index is 5.77. The average Bonchev–Trinajstić information content (AvgIpc) is 3.22. The third kappa shape index (κ3) is 4.28. The molecule has 0 radical (unpaired) electrons. The Hall–Kier alpha value is -1.05. The molecule has 0 saturated carbocycles. The number of hydrogen-bond acceptors (Lipinski definition) is 6. The Morgan fingerprint density at radius 3 is 2.78 bits per heavy atom. The maximum Gasteiger partial charge on any atom is 0.168 e. The first kappa shape index (κ1) is 16.8. The Kier molecular flexibility index (Phi) is 5.96. The number of nitrogens with zero attached hydrogens (tertiary/aromatic N) is 6. The summed E-state index contributed by atoms with van der Waals surface area (Å²) in [6, 6.07) is 0.333. The maximum absolute atomic E-state index is 5.77.